The maximum atomic E-state index is 13.1. The lowest BCUT2D eigenvalue weighted by Gasteiger charge is -2.36. The number of rotatable bonds is 6. The van der Waals surface area contributed by atoms with Gasteiger partial charge in [-0.25, -0.2) is 4.79 Å². The minimum absolute atomic E-state index is 0.0558. The summed E-state index contributed by atoms with van der Waals surface area (Å²) in [6, 6.07) is 14.5. The number of Topliss-reactive ketones (excluding diaryl/α,β-unsaturated/α-hetero) is 1. The van der Waals surface area contributed by atoms with Crippen molar-refractivity contribution < 1.29 is 28.5 Å². The maximum absolute atomic E-state index is 13.1. The van der Waals surface area contributed by atoms with Gasteiger partial charge in [0.15, 0.2) is 0 Å². The van der Waals surface area contributed by atoms with Crippen LogP contribution in [0.15, 0.2) is 60.6 Å². The lowest BCUT2D eigenvalue weighted by molar-refractivity contribution is -0.132. The van der Waals surface area contributed by atoms with Crippen LogP contribution in [0.25, 0.3) is 0 Å². The van der Waals surface area contributed by atoms with Gasteiger partial charge in [-0.05, 0) is 54.7 Å². The van der Waals surface area contributed by atoms with Gasteiger partial charge in [-0.3, -0.25) is 4.79 Å². The Morgan fingerprint density at radius 1 is 1.06 bits per heavy atom. The molecule has 1 aliphatic carbocycles. The molecule has 6 nitrogen and oxygen atoms in total. The quantitative estimate of drug-likeness (QED) is 0.592. The van der Waals surface area contributed by atoms with Crippen LogP contribution in [0.5, 0.6) is 11.5 Å². The van der Waals surface area contributed by atoms with Crippen molar-refractivity contribution in [2.45, 2.75) is 51.2 Å². The second-order valence-electron chi connectivity index (χ2n) is 8.49. The summed E-state index contributed by atoms with van der Waals surface area (Å²) >= 11 is 0. The molecule has 1 saturated carbocycles. The molecule has 0 amide bonds. The number of esters is 1. The van der Waals surface area contributed by atoms with E-state index in [1.165, 1.54) is 6.26 Å². The van der Waals surface area contributed by atoms with Gasteiger partial charge in [-0.2, -0.15) is 0 Å². The fourth-order valence-corrected chi connectivity index (χ4v) is 4.23. The number of fused-ring (bicyclic) bond motifs is 1. The van der Waals surface area contributed by atoms with E-state index in [1.807, 2.05) is 24.3 Å². The molecule has 0 spiro atoms. The normalized spacial score (nSPS) is 22.4. The molecule has 1 aliphatic heterocycles. The molecule has 6 heteroatoms. The van der Waals surface area contributed by atoms with Gasteiger partial charge in [0.2, 0.25) is 11.5 Å². The molecule has 168 valence electrons. The zero-order valence-electron chi connectivity index (χ0n) is 18.6. The number of ether oxygens (including phenoxy) is 4. The van der Waals surface area contributed by atoms with Crippen LogP contribution in [0.4, 0.5) is 0 Å². The highest BCUT2D eigenvalue weighted by Gasteiger charge is 2.42. The number of hydrogen-bond donors (Lipinski definition) is 0. The van der Waals surface area contributed by atoms with Gasteiger partial charge >= 0.3 is 5.97 Å². The Hall–Kier alpha value is -3.28. The fourth-order valence-electron chi connectivity index (χ4n) is 4.23. The first-order chi connectivity index (χ1) is 15.5. The molecule has 2 aromatic carbocycles. The number of allylic oxidation sites excluding steroid dienone is 1. The van der Waals surface area contributed by atoms with Gasteiger partial charge in [0.05, 0.1) is 18.6 Å². The van der Waals surface area contributed by atoms with Crippen molar-refractivity contribution in [1.82, 2.24) is 0 Å². The van der Waals surface area contributed by atoms with E-state index in [2.05, 4.69) is 13.8 Å². The van der Waals surface area contributed by atoms with Gasteiger partial charge in [0.1, 0.15) is 30.0 Å². The topological polar surface area (TPSA) is 71.1 Å². The second-order valence-corrected chi connectivity index (χ2v) is 8.49. The summed E-state index contributed by atoms with van der Waals surface area (Å²) in [6.45, 7) is 4.17. The van der Waals surface area contributed by atoms with Crippen LogP contribution in [0, 0.1) is 5.92 Å². The van der Waals surface area contributed by atoms with Crippen LogP contribution in [0.2, 0.25) is 0 Å². The molecule has 1 heterocycles. The van der Waals surface area contributed by atoms with E-state index in [0.29, 0.717) is 36.3 Å². The first-order valence-electron chi connectivity index (χ1n) is 11.0. The molecule has 0 bridgehead atoms. The first-order valence-corrected chi connectivity index (χ1v) is 11.0. The molecule has 0 saturated heterocycles. The standard InChI is InChI=1S/C26H28O6/c1-16(2)20-6-4-5-7-22(20)32-24-15-30-23-14-19(12-13-21(23)25(24)27)31-26(28)17-8-10-18(29-3)11-9-17/h4-11,15-16,19,21,23H,12-14H2,1-3H3. The van der Waals surface area contributed by atoms with Gasteiger partial charge in [-0.1, -0.05) is 32.0 Å². The zero-order chi connectivity index (χ0) is 22.7. The van der Waals surface area contributed by atoms with Crippen molar-refractivity contribution in [3.05, 3.63) is 71.7 Å². The minimum Gasteiger partial charge on any atom is -0.497 e. The van der Waals surface area contributed by atoms with Crippen molar-refractivity contribution in [2.24, 2.45) is 5.92 Å². The monoisotopic (exact) mass is 436 g/mol. The van der Waals surface area contributed by atoms with Gasteiger partial charge in [-0.15, -0.1) is 0 Å². The average Bonchev–Trinajstić information content (AvgIpc) is 2.81. The number of hydrogen-bond acceptors (Lipinski definition) is 6. The van der Waals surface area contributed by atoms with Crippen LogP contribution in [0.3, 0.4) is 0 Å². The molecular formula is C26H28O6. The Labute approximate surface area is 188 Å². The van der Waals surface area contributed by atoms with Gasteiger partial charge in [0, 0.05) is 6.42 Å². The van der Waals surface area contributed by atoms with Gasteiger partial charge < -0.3 is 18.9 Å². The fraction of sp³-hybridized carbons (Fsp3) is 0.385. The van der Waals surface area contributed by atoms with E-state index in [4.69, 9.17) is 18.9 Å². The number of para-hydroxylation sites is 1. The lowest BCUT2D eigenvalue weighted by atomic mass is 9.80. The average molecular weight is 437 g/mol. The minimum atomic E-state index is -0.386. The molecular weight excluding hydrogens is 408 g/mol. The first kappa shape index (κ1) is 21.9. The van der Waals surface area contributed by atoms with E-state index in [1.54, 1.807) is 31.4 Å². The predicted octanol–water partition coefficient (Wildman–Crippen LogP) is 5.03. The number of ketones is 1. The Bertz CT molecular complexity index is 1010. The molecule has 0 aromatic heterocycles. The molecule has 3 unspecified atom stereocenters. The van der Waals surface area contributed by atoms with Crippen molar-refractivity contribution in [2.75, 3.05) is 7.11 Å². The summed E-state index contributed by atoms with van der Waals surface area (Å²) < 4.78 is 22.6. The SMILES string of the molecule is COc1ccc(C(=O)OC2CCC3C(=O)C(Oc4ccccc4C(C)C)=COC3C2)cc1. The highest BCUT2D eigenvalue weighted by Crippen LogP contribution is 2.36. The van der Waals surface area contributed by atoms with Crippen molar-refractivity contribution in [3.8, 4) is 11.5 Å². The number of benzene rings is 2. The third kappa shape index (κ3) is 4.64. The Morgan fingerprint density at radius 2 is 1.81 bits per heavy atom. The van der Waals surface area contributed by atoms with Crippen LogP contribution in [0.1, 0.15) is 54.9 Å². The lowest BCUT2D eigenvalue weighted by Crippen LogP contribution is -2.43. The summed E-state index contributed by atoms with van der Waals surface area (Å²) in [5.74, 6) is 1.12. The molecule has 4 rings (SSSR count). The number of carbonyl (C=O) groups excluding carboxylic acids is 2. The molecule has 2 aromatic rings. The van der Waals surface area contributed by atoms with E-state index in [0.717, 1.165) is 5.56 Å². The van der Waals surface area contributed by atoms with Crippen LogP contribution >= 0.6 is 0 Å². The van der Waals surface area contributed by atoms with E-state index in [-0.39, 0.29) is 41.6 Å². The highest BCUT2D eigenvalue weighted by atomic mass is 16.6. The summed E-state index contributed by atoms with van der Waals surface area (Å²) in [5, 5.41) is 0. The van der Waals surface area contributed by atoms with Crippen molar-refractivity contribution >= 4 is 11.8 Å². The predicted molar refractivity (Wildman–Crippen MR) is 119 cm³/mol. The van der Waals surface area contributed by atoms with E-state index in [9.17, 15) is 9.59 Å². The van der Waals surface area contributed by atoms with Crippen LogP contribution < -0.4 is 9.47 Å². The largest absolute Gasteiger partial charge is 0.497 e. The Morgan fingerprint density at radius 3 is 2.53 bits per heavy atom. The summed E-state index contributed by atoms with van der Waals surface area (Å²) in [4.78, 5) is 25.5. The Kier molecular flexibility index (Phi) is 6.49. The van der Waals surface area contributed by atoms with Crippen LogP contribution in [-0.4, -0.2) is 31.1 Å². The molecule has 1 fully saturated rings. The summed E-state index contributed by atoms with van der Waals surface area (Å²) in [7, 11) is 1.57. The molecule has 0 N–H and O–H groups in total. The smallest absolute Gasteiger partial charge is 0.338 e. The number of carbonyl (C=O) groups is 2. The molecule has 3 atom stereocenters. The third-order valence-corrected chi connectivity index (χ3v) is 6.03. The molecule has 2 aliphatic rings. The zero-order valence-corrected chi connectivity index (χ0v) is 18.6. The van der Waals surface area contributed by atoms with Crippen molar-refractivity contribution in [1.29, 1.82) is 0 Å². The molecule has 0 radical (unpaired) electrons. The molecule has 32 heavy (non-hydrogen) atoms. The van der Waals surface area contributed by atoms with Crippen molar-refractivity contribution in [3.63, 3.8) is 0 Å². The summed E-state index contributed by atoms with van der Waals surface area (Å²) in [5.41, 5.74) is 1.51. The number of methoxy groups -OCH3 is 1. The van der Waals surface area contributed by atoms with Crippen LogP contribution in [-0.2, 0) is 14.3 Å². The second kappa shape index (κ2) is 9.47. The Balaban J connectivity index is 1.39. The maximum Gasteiger partial charge on any atom is 0.338 e. The summed E-state index contributed by atoms with van der Waals surface area (Å²) in [6.07, 6.45) is 2.46. The van der Waals surface area contributed by atoms with E-state index < -0.39 is 0 Å². The highest BCUT2D eigenvalue weighted by molar-refractivity contribution is 5.96. The third-order valence-electron chi connectivity index (χ3n) is 6.03. The van der Waals surface area contributed by atoms with Gasteiger partial charge in [0.25, 0.3) is 0 Å². The van der Waals surface area contributed by atoms with E-state index >= 15 is 0 Å².